The molecular formula is C14H25NO2S. The SMILES string of the molecule is CCCCOCCOCc1ccc(CNCC)s1. The third-order valence-corrected chi connectivity index (χ3v) is 3.58. The average molecular weight is 271 g/mol. The van der Waals surface area contributed by atoms with E-state index in [0.29, 0.717) is 19.8 Å². The van der Waals surface area contributed by atoms with Gasteiger partial charge in [-0.05, 0) is 25.1 Å². The molecule has 0 spiro atoms. The highest BCUT2D eigenvalue weighted by Gasteiger charge is 1.99. The zero-order chi connectivity index (χ0) is 13.1. The Hall–Kier alpha value is -0.420. The summed E-state index contributed by atoms with van der Waals surface area (Å²) in [6.07, 6.45) is 2.32. The van der Waals surface area contributed by atoms with Gasteiger partial charge in [0.15, 0.2) is 0 Å². The molecule has 1 rings (SSSR count). The number of nitrogens with one attached hydrogen (secondary N) is 1. The second kappa shape index (κ2) is 10.5. The van der Waals surface area contributed by atoms with Crippen molar-refractivity contribution in [1.29, 1.82) is 0 Å². The monoisotopic (exact) mass is 271 g/mol. The normalized spacial score (nSPS) is 11.0. The highest BCUT2D eigenvalue weighted by atomic mass is 32.1. The zero-order valence-electron chi connectivity index (χ0n) is 11.5. The van der Waals surface area contributed by atoms with Gasteiger partial charge in [0.2, 0.25) is 0 Å². The Kier molecular flexibility index (Phi) is 9.12. The fourth-order valence-electron chi connectivity index (χ4n) is 1.48. The van der Waals surface area contributed by atoms with Gasteiger partial charge in [-0.2, -0.15) is 0 Å². The molecule has 0 bridgehead atoms. The first-order chi connectivity index (χ1) is 8.86. The zero-order valence-corrected chi connectivity index (χ0v) is 12.4. The number of hydrogen-bond donors (Lipinski definition) is 1. The second-order valence-electron chi connectivity index (χ2n) is 4.17. The van der Waals surface area contributed by atoms with Crippen LogP contribution in [0.5, 0.6) is 0 Å². The van der Waals surface area contributed by atoms with Gasteiger partial charge in [0.1, 0.15) is 0 Å². The minimum atomic E-state index is 0.685. The van der Waals surface area contributed by atoms with Crippen molar-refractivity contribution in [1.82, 2.24) is 5.32 Å². The van der Waals surface area contributed by atoms with Gasteiger partial charge in [0.05, 0.1) is 19.8 Å². The van der Waals surface area contributed by atoms with Crippen molar-refractivity contribution in [3.8, 4) is 0 Å². The van der Waals surface area contributed by atoms with E-state index in [0.717, 1.165) is 26.1 Å². The maximum Gasteiger partial charge on any atom is 0.0810 e. The lowest BCUT2D eigenvalue weighted by molar-refractivity contribution is 0.0406. The largest absolute Gasteiger partial charge is 0.379 e. The molecule has 1 N–H and O–H groups in total. The van der Waals surface area contributed by atoms with E-state index in [2.05, 4.69) is 31.3 Å². The molecule has 0 unspecified atom stereocenters. The van der Waals surface area contributed by atoms with Crippen LogP contribution in [-0.4, -0.2) is 26.4 Å². The molecule has 0 saturated carbocycles. The highest BCUT2D eigenvalue weighted by molar-refractivity contribution is 7.11. The van der Waals surface area contributed by atoms with Crippen molar-refractivity contribution in [2.24, 2.45) is 0 Å². The predicted octanol–water partition coefficient (Wildman–Crippen LogP) is 3.19. The Bertz CT molecular complexity index is 302. The molecule has 0 fully saturated rings. The summed E-state index contributed by atoms with van der Waals surface area (Å²) >= 11 is 1.82. The van der Waals surface area contributed by atoms with E-state index in [1.165, 1.54) is 16.2 Å². The maximum atomic E-state index is 5.58. The van der Waals surface area contributed by atoms with Crippen LogP contribution in [0.25, 0.3) is 0 Å². The van der Waals surface area contributed by atoms with E-state index in [9.17, 15) is 0 Å². The minimum absolute atomic E-state index is 0.685. The molecule has 4 heteroatoms. The predicted molar refractivity (Wildman–Crippen MR) is 77.1 cm³/mol. The third-order valence-electron chi connectivity index (χ3n) is 2.53. The number of rotatable bonds is 11. The van der Waals surface area contributed by atoms with Gasteiger partial charge in [0, 0.05) is 22.9 Å². The van der Waals surface area contributed by atoms with Crippen LogP contribution in [0.3, 0.4) is 0 Å². The summed E-state index contributed by atoms with van der Waals surface area (Å²) in [4.78, 5) is 2.66. The number of hydrogen-bond acceptors (Lipinski definition) is 4. The Morgan fingerprint density at radius 1 is 1.06 bits per heavy atom. The lowest BCUT2D eigenvalue weighted by Crippen LogP contribution is -2.10. The first-order valence-electron chi connectivity index (χ1n) is 6.80. The Balaban J connectivity index is 2.03. The van der Waals surface area contributed by atoms with Crippen LogP contribution >= 0.6 is 11.3 Å². The smallest absolute Gasteiger partial charge is 0.0810 e. The molecule has 1 heterocycles. The van der Waals surface area contributed by atoms with Gasteiger partial charge in [-0.1, -0.05) is 20.3 Å². The van der Waals surface area contributed by atoms with Gasteiger partial charge in [-0.15, -0.1) is 11.3 Å². The molecule has 1 aromatic heterocycles. The molecule has 18 heavy (non-hydrogen) atoms. The van der Waals surface area contributed by atoms with Gasteiger partial charge in [-0.3, -0.25) is 0 Å². The molecule has 0 aliphatic heterocycles. The van der Waals surface area contributed by atoms with E-state index in [4.69, 9.17) is 9.47 Å². The summed E-state index contributed by atoms with van der Waals surface area (Å²) in [5.41, 5.74) is 0. The van der Waals surface area contributed by atoms with Crippen LogP contribution in [0.4, 0.5) is 0 Å². The molecule has 1 aromatic rings. The third kappa shape index (κ3) is 7.11. The fraction of sp³-hybridized carbons (Fsp3) is 0.714. The Morgan fingerprint density at radius 3 is 2.61 bits per heavy atom. The lowest BCUT2D eigenvalue weighted by atomic mass is 10.4. The second-order valence-corrected chi connectivity index (χ2v) is 5.42. The van der Waals surface area contributed by atoms with Gasteiger partial charge >= 0.3 is 0 Å². The molecule has 0 amide bonds. The van der Waals surface area contributed by atoms with Crippen LogP contribution in [0.2, 0.25) is 0 Å². The summed E-state index contributed by atoms with van der Waals surface area (Å²) < 4.78 is 11.0. The molecule has 0 saturated heterocycles. The van der Waals surface area contributed by atoms with Crippen LogP contribution in [0.1, 0.15) is 36.4 Å². The van der Waals surface area contributed by atoms with Crippen molar-refractivity contribution in [2.75, 3.05) is 26.4 Å². The van der Waals surface area contributed by atoms with Crippen molar-refractivity contribution in [3.63, 3.8) is 0 Å². The number of unbranched alkanes of at least 4 members (excludes halogenated alkanes) is 1. The summed E-state index contributed by atoms with van der Waals surface area (Å²) in [6, 6.07) is 4.32. The van der Waals surface area contributed by atoms with Gasteiger partial charge < -0.3 is 14.8 Å². The molecule has 0 atom stereocenters. The van der Waals surface area contributed by atoms with E-state index in [-0.39, 0.29) is 0 Å². The first kappa shape index (κ1) is 15.6. The van der Waals surface area contributed by atoms with E-state index in [1.54, 1.807) is 0 Å². The van der Waals surface area contributed by atoms with Crippen molar-refractivity contribution < 1.29 is 9.47 Å². The molecule has 104 valence electrons. The van der Waals surface area contributed by atoms with Gasteiger partial charge in [0.25, 0.3) is 0 Å². The Morgan fingerprint density at radius 2 is 1.83 bits per heavy atom. The van der Waals surface area contributed by atoms with E-state index in [1.807, 2.05) is 11.3 Å². The summed E-state index contributed by atoms with van der Waals surface area (Å²) in [5.74, 6) is 0. The molecule has 3 nitrogen and oxygen atoms in total. The molecule has 0 aliphatic rings. The highest BCUT2D eigenvalue weighted by Crippen LogP contribution is 2.17. The van der Waals surface area contributed by atoms with E-state index < -0.39 is 0 Å². The molecule has 0 aromatic carbocycles. The lowest BCUT2D eigenvalue weighted by Gasteiger charge is -2.04. The van der Waals surface area contributed by atoms with Crippen molar-refractivity contribution in [2.45, 2.75) is 39.8 Å². The van der Waals surface area contributed by atoms with E-state index >= 15 is 0 Å². The maximum absolute atomic E-state index is 5.58. The van der Waals surface area contributed by atoms with Crippen molar-refractivity contribution in [3.05, 3.63) is 21.9 Å². The van der Waals surface area contributed by atoms with Crippen LogP contribution < -0.4 is 5.32 Å². The standard InChI is InChI=1S/C14H25NO2S/c1-3-5-8-16-9-10-17-12-14-7-6-13(18-14)11-15-4-2/h6-7,15H,3-5,8-12H2,1-2H3. The molecule has 0 aliphatic carbocycles. The van der Waals surface area contributed by atoms with Crippen LogP contribution in [-0.2, 0) is 22.6 Å². The summed E-state index contributed by atoms with van der Waals surface area (Å²) in [6.45, 7) is 9.21. The average Bonchev–Trinajstić information content (AvgIpc) is 2.83. The Labute approximate surface area is 114 Å². The summed E-state index contributed by atoms with van der Waals surface area (Å²) in [5, 5.41) is 3.32. The quantitative estimate of drug-likeness (QED) is 0.627. The fourth-order valence-corrected chi connectivity index (χ4v) is 2.41. The first-order valence-corrected chi connectivity index (χ1v) is 7.62. The minimum Gasteiger partial charge on any atom is -0.379 e. The number of ether oxygens (including phenoxy) is 2. The summed E-state index contributed by atoms with van der Waals surface area (Å²) in [7, 11) is 0. The van der Waals surface area contributed by atoms with Crippen LogP contribution in [0.15, 0.2) is 12.1 Å². The molecular weight excluding hydrogens is 246 g/mol. The topological polar surface area (TPSA) is 30.5 Å². The number of thiophene rings is 1. The molecule has 0 radical (unpaired) electrons. The van der Waals surface area contributed by atoms with Crippen molar-refractivity contribution >= 4 is 11.3 Å². The van der Waals surface area contributed by atoms with Crippen LogP contribution in [0, 0.1) is 0 Å². The van der Waals surface area contributed by atoms with Gasteiger partial charge in [-0.25, -0.2) is 0 Å².